The molecule has 9 heteroatoms. The largest absolute Gasteiger partial charge is 0.457 e. The molecule has 1 saturated heterocycles. The molecule has 1 fully saturated rings. The number of hydrogen-bond donors (Lipinski definition) is 1. The lowest BCUT2D eigenvalue weighted by Gasteiger charge is -2.26. The monoisotopic (exact) mass is 431 g/mol. The second-order valence-electron chi connectivity index (χ2n) is 7.23. The van der Waals surface area contributed by atoms with Gasteiger partial charge in [0.25, 0.3) is 17.5 Å². The zero-order chi connectivity index (χ0) is 23.0. The number of furan rings is 1. The molecule has 0 radical (unpaired) electrons. The molecular weight excluding hydrogens is 414 g/mol. The third-order valence-corrected chi connectivity index (χ3v) is 5.13. The van der Waals surface area contributed by atoms with E-state index in [1.807, 2.05) is 13.8 Å². The van der Waals surface area contributed by atoms with Crippen LogP contribution < -0.4 is 10.2 Å². The standard InChI is InChI=1S/C23H17N3O6/c1-13-3-6-17(11-14(13)2)25-22(28)19(21(27)24-23(25)29)12-18-9-10-20(32-18)15-4-7-16(8-5-15)26(30)31/h3-12H,1-2H3,(H,24,27,29)/b19-12-. The highest BCUT2D eigenvalue weighted by atomic mass is 16.6. The predicted octanol–water partition coefficient (Wildman–Crippen LogP) is 4.14. The SMILES string of the molecule is Cc1ccc(N2C(=O)NC(=O)/C(=C/c3ccc(-c4ccc([N+](=O)[O-])cc4)o3)C2=O)cc1C. The molecule has 0 bridgehead atoms. The minimum Gasteiger partial charge on any atom is -0.457 e. The summed E-state index contributed by atoms with van der Waals surface area (Å²) >= 11 is 0. The van der Waals surface area contributed by atoms with Gasteiger partial charge in [-0.05, 0) is 67.4 Å². The summed E-state index contributed by atoms with van der Waals surface area (Å²) in [6.45, 7) is 3.77. The van der Waals surface area contributed by atoms with Crippen LogP contribution in [0.15, 0.2) is 64.6 Å². The first-order chi connectivity index (χ1) is 15.2. The molecule has 1 aliphatic rings. The van der Waals surface area contributed by atoms with Gasteiger partial charge in [-0.1, -0.05) is 6.07 Å². The van der Waals surface area contributed by atoms with Crippen LogP contribution in [0.5, 0.6) is 0 Å². The third kappa shape index (κ3) is 3.79. The van der Waals surface area contributed by atoms with Gasteiger partial charge in [0.15, 0.2) is 0 Å². The van der Waals surface area contributed by atoms with Crippen molar-refractivity contribution in [2.75, 3.05) is 4.90 Å². The molecule has 2 aromatic carbocycles. The third-order valence-electron chi connectivity index (χ3n) is 5.13. The molecule has 1 aromatic heterocycles. The van der Waals surface area contributed by atoms with E-state index in [0.717, 1.165) is 16.0 Å². The number of nitro groups is 1. The second-order valence-corrected chi connectivity index (χ2v) is 7.23. The van der Waals surface area contributed by atoms with Gasteiger partial charge in [-0.3, -0.25) is 25.0 Å². The Hall–Kier alpha value is -4.53. The highest BCUT2D eigenvalue weighted by Gasteiger charge is 2.37. The number of non-ortho nitro benzene ring substituents is 1. The summed E-state index contributed by atoms with van der Waals surface area (Å²) < 4.78 is 5.69. The van der Waals surface area contributed by atoms with Crippen LogP contribution in [-0.2, 0) is 9.59 Å². The summed E-state index contributed by atoms with van der Waals surface area (Å²) in [4.78, 5) is 48.9. The molecule has 0 spiro atoms. The van der Waals surface area contributed by atoms with Crippen LogP contribution in [0.25, 0.3) is 17.4 Å². The molecule has 1 aliphatic heterocycles. The van der Waals surface area contributed by atoms with E-state index in [-0.39, 0.29) is 17.0 Å². The van der Waals surface area contributed by atoms with Crippen molar-refractivity contribution in [1.29, 1.82) is 0 Å². The number of nitrogens with one attached hydrogen (secondary N) is 1. The topological polar surface area (TPSA) is 123 Å². The van der Waals surface area contributed by atoms with Gasteiger partial charge < -0.3 is 4.42 Å². The highest BCUT2D eigenvalue weighted by molar-refractivity contribution is 6.39. The number of imide groups is 2. The lowest BCUT2D eigenvalue weighted by atomic mass is 10.1. The highest BCUT2D eigenvalue weighted by Crippen LogP contribution is 2.27. The fourth-order valence-corrected chi connectivity index (χ4v) is 3.23. The fraction of sp³-hybridized carbons (Fsp3) is 0.0870. The maximum absolute atomic E-state index is 13.0. The summed E-state index contributed by atoms with van der Waals surface area (Å²) in [7, 11) is 0. The Morgan fingerprint density at radius 2 is 1.69 bits per heavy atom. The average Bonchev–Trinajstić information content (AvgIpc) is 3.22. The van der Waals surface area contributed by atoms with Gasteiger partial charge in [-0.15, -0.1) is 0 Å². The Bertz CT molecular complexity index is 1300. The van der Waals surface area contributed by atoms with Crippen LogP contribution in [0.2, 0.25) is 0 Å². The van der Waals surface area contributed by atoms with E-state index in [9.17, 15) is 24.5 Å². The minimum atomic E-state index is -0.827. The van der Waals surface area contributed by atoms with E-state index >= 15 is 0 Å². The molecule has 1 N–H and O–H groups in total. The number of carbonyl (C=O) groups excluding carboxylic acids is 3. The number of nitrogens with zero attached hydrogens (tertiary/aromatic N) is 2. The van der Waals surface area contributed by atoms with E-state index in [1.54, 1.807) is 30.3 Å². The van der Waals surface area contributed by atoms with Gasteiger partial charge in [-0.2, -0.15) is 0 Å². The van der Waals surface area contributed by atoms with Crippen LogP contribution in [0, 0.1) is 24.0 Å². The van der Waals surface area contributed by atoms with Crippen molar-refractivity contribution in [3.05, 3.63) is 87.2 Å². The van der Waals surface area contributed by atoms with Crippen LogP contribution in [0.3, 0.4) is 0 Å². The molecule has 160 valence electrons. The first-order valence-electron chi connectivity index (χ1n) is 9.58. The van der Waals surface area contributed by atoms with Gasteiger partial charge >= 0.3 is 6.03 Å². The second kappa shape index (κ2) is 7.95. The number of amides is 4. The maximum Gasteiger partial charge on any atom is 0.335 e. The molecule has 0 aliphatic carbocycles. The zero-order valence-electron chi connectivity index (χ0n) is 17.1. The lowest BCUT2D eigenvalue weighted by Crippen LogP contribution is -2.54. The number of urea groups is 1. The van der Waals surface area contributed by atoms with Gasteiger partial charge in [-0.25, -0.2) is 9.69 Å². The number of hydrogen-bond acceptors (Lipinski definition) is 6. The maximum atomic E-state index is 13.0. The summed E-state index contributed by atoms with van der Waals surface area (Å²) in [6, 6.07) is 13.2. The number of aryl methyl sites for hydroxylation is 2. The van der Waals surface area contributed by atoms with Crippen molar-refractivity contribution in [2.45, 2.75) is 13.8 Å². The first kappa shape index (κ1) is 20.7. The number of benzene rings is 2. The summed E-state index contributed by atoms with van der Waals surface area (Å²) in [5, 5.41) is 13.0. The molecule has 4 rings (SSSR count). The average molecular weight is 431 g/mol. The van der Waals surface area contributed by atoms with Gasteiger partial charge in [0.1, 0.15) is 17.1 Å². The minimum absolute atomic E-state index is 0.0526. The molecular formula is C23H17N3O6. The molecule has 3 aromatic rings. The van der Waals surface area contributed by atoms with Crippen molar-refractivity contribution >= 4 is 35.3 Å². The molecule has 0 unspecified atom stereocenters. The number of nitro benzene ring substituents is 1. The van der Waals surface area contributed by atoms with E-state index in [1.165, 1.54) is 30.3 Å². The van der Waals surface area contributed by atoms with Gasteiger partial charge in [0.2, 0.25) is 0 Å². The van der Waals surface area contributed by atoms with Crippen LogP contribution in [0.1, 0.15) is 16.9 Å². The smallest absolute Gasteiger partial charge is 0.335 e. The molecule has 4 amide bonds. The number of barbiturate groups is 1. The van der Waals surface area contributed by atoms with Crippen molar-refractivity contribution < 1.29 is 23.7 Å². The van der Waals surface area contributed by atoms with E-state index < -0.39 is 22.8 Å². The van der Waals surface area contributed by atoms with E-state index in [0.29, 0.717) is 17.0 Å². The molecule has 32 heavy (non-hydrogen) atoms. The van der Waals surface area contributed by atoms with Gasteiger partial charge in [0.05, 0.1) is 10.6 Å². The Morgan fingerprint density at radius 1 is 0.969 bits per heavy atom. The van der Waals surface area contributed by atoms with Crippen molar-refractivity contribution in [3.63, 3.8) is 0 Å². The Morgan fingerprint density at radius 3 is 2.34 bits per heavy atom. The van der Waals surface area contributed by atoms with Crippen molar-refractivity contribution in [1.82, 2.24) is 5.32 Å². The summed E-state index contributed by atoms with van der Waals surface area (Å²) in [5.41, 5.74) is 2.52. The quantitative estimate of drug-likeness (QED) is 0.287. The predicted molar refractivity (Wildman–Crippen MR) is 116 cm³/mol. The molecule has 0 saturated carbocycles. The number of carbonyl (C=O) groups is 3. The van der Waals surface area contributed by atoms with Crippen LogP contribution in [0.4, 0.5) is 16.2 Å². The summed E-state index contributed by atoms with van der Waals surface area (Å²) in [5.74, 6) is -0.979. The molecule has 2 heterocycles. The fourth-order valence-electron chi connectivity index (χ4n) is 3.23. The zero-order valence-corrected chi connectivity index (χ0v) is 17.1. The van der Waals surface area contributed by atoms with Gasteiger partial charge in [0, 0.05) is 17.7 Å². The molecule has 9 nitrogen and oxygen atoms in total. The van der Waals surface area contributed by atoms with Crippen LogP contribution >= 0.6 is 0 Å². The Kier molecular flexibility index (Phi) is 5.15. The van der Waals surface area contributed by atoms with Crippen LogP contribution in [-0.4, -0.2) is 22.8 Å². The van der Waals surface area contributed by atoms with E-state index in [4.69, 9.17) is 4.42 Å². The first-order valence-corrected chi connectivity index (χ1v) is 9.58. The molecule has 0 atom stereocenters. The van der Waals surface area contributed by atoms with Crippen molar-refractivity contribution in [2.24, 2.45) is 0 Å². The number of rotatable bonds is 4. The lowest BCUT2D eigenvalue weighted by molar-refractivity contribution is -0.384. The number of anilines is 1. The van der Waals surface area contributed by atoms with E-state index in [2.05, 4.69) is 5.32 Å². The Labute approximate surface area is 182 Å². The summed E-state index contributed by atoms with van der Waals surface area (Å²) in [6.07, 6.45) is 1.26. The Balaban J connectivity index is 1.65. The normalized spacial score (nSPS) is 15.2. The van der Waals surface area contributed by atoms with Crippen molar-refractivity contribution in [3.8, 4) is 11.3 Å².